The van der Waals surface area contributed by atoms with Crippen LogP contribution >= 0.6 is 0 Å². The molecule has 2 heteroatoms. The minimum atomic E-state index is -0.163. The van der Waals surface area contributed by atoms with E-state index in [1.165, 1.54) is 38.2 Å². The first-order valence-corrected chi connectivity index (χ1v) is 7.76. The lowest BCUT2D eigenvalue weighted by Gasteiger charge is -2.42. The van der Waals surface area contributed by atoms with Crippen molar-refractivity contribution in [2.75, 3.05) is 6.61 Å². The number of ether oxygens (including phenoxy) is 1. The van der Waals surface area contributed by atoms with Gasteiger partial charge in [-0.05, 0) is 59.8 Å². The molecule has 2 fully saturated rings. The average molecular weight is 262 g/mol. The zero-order valence-corrected chi connectivity index (χ0v) is 12.7. The smallest absolute Gasteiger partial charge is 0.302 e. The number of carbonyl (C=O) groups excluding carboxylic acids is 1. The van der Waals surface area contributed by atoms with Gasteiger partial charge in [0.2, 0.25) is 0 Å². The van der Waals surface area contributed by atoms with Gasteiger partial charge in [-0.25, -0.2) is 0 Å². The van der Waals surface area contributed by atoms with Gasteiger partial charge in [-0.2, -0.15) is 0 Å². The van der Waals surface area contributed by atoms with Crippen molar-refractivity contribution in [3.8, 4) is 0 Å². The van der Waals surface area contributed by atoms with E-state index in [0.717, 1.165) is 11.8 Å². The molecule has 3 rings (SSSR count). The summed E-state index contributed by atoms with van der Waals surface area (Å²) in [6.07, 6.45) is 7.91. The molecule has 2 nitrogen and oxygen atoms in total. The van der Waals surface area contributed by atoms with Crippen LogP contribution in [0.1, 0.15) is 53.4 Å². The predicted molar refractivity (Wildman–Crippen MR) is 75.5 cm³/mol. The normalized spacial score (nSPS) is 47.8. The van der Waals surface area contributed by atoms with E-state index in [1.807, 2.05) is 0 Å². The van der Waals surface area contributed by atoms with Crippen molar-refractivity contribution < 1.29 is 9.53 Å². The second kappa shape index (κ2) is 4.10. The molecule has 19 heavy (non-hydrogen) atoms. The molecular formula is C17H26O2. The molecule has 106 valence electrons. The molecule has 0 heterocycles. The van der Waals surface area contributed by atoms with Crippen LogP contribution in [-0.2, 0) is 9.53 Å². The molecule has 0 bridgehead atoms. The van der Waals surface area contributed by atoms with Crippen molar-refractivity contribution in [2.45, 2.75) is 53.4 Å². The summed E-state index contributed by atoms with van der Waals surface area (Å²) in [7, 11) is 0. The molecule has 0 aromatic rings. The van der Waals surface area contributed by atoms with Gasteiger partial charge in [0.1, 0.15) is 6.61 Å². The first-order chi connectivity index (χ1) is 8.91. The minimum Gasteiger partial charge on any atom is -0.461 e. The van der Waals surface area contributed by atoms with Crippen LogP contribution in [0.2, 0.25) is 0 Å². The Hall–Kier alpha value is -0.790. The van der Waals surface area contributed by atoms with Crippen molar-refractivity contribution >= 4 is 5.97 Å². The van der Waals surface area contributed by atoms with E-state index in [1.54, 1.807) is 0 Å². The van der Waals surface area contributed by atoms with Crippen molar-refractivity contribution in [1.29, 1.82) is 0 Å². The van der Waals surface area contributed by atoms with Crippen LogP contribution in [0.4, 0.5) is 0 Å². The Labute approximate surface area is 116 Å². The number of rotatable bonds is 2. The SMILES string of the molecule is CC(=O)OCC1=C[C@@]2(C)CCC3[C@@H](C)CCC32[C@H]1C. The molecule has 2 unspecified atom stereocenters. The van der Waals surface area contributed by atoms with Gasteiger partial charge in [0.25, 0.3) is 0 Å². The molecule has 0 aliphatic heterocycles. The molecule has 2 saturated carbocycles. The quantitative estimate of drug-likeness (QED) is 0.556. The minimum absolute atomic E-state index is 0.163. The third-order valence-corrected chi connectivity index (χ3v) is 6.67. The van der Waals surface area contributed by atoms with E-state index in [0.29, 0.717) is 23.4 Å². The summed E-state index contributed by atoms with van der Waals surface area (Å²) in [5, 5.41) is 0. The number of carbonyl (C=O) groups is 1. The maximum Gasteiger partial charge on any atom is 0.302 e. The first-order valence-electron chi connectivity index (χ1n) is 7.76. The maximum atomic E-state index is 11.1. The number of hydrogen-bond donors (Lipinski definition) is 0. The monoisotopic (exact) mass is 262 g/mol. The average Bonchev–Trinajstić information content (AvgIpc) is 2.89. The second-order valence-electron chi connectivity index (χ2n) is 7.34. The summed E-state index contributed by atoms with van der Waals surface area (Å²) >= 11 is 0. The highest BCUT2D eigenvalue weighted by Gasteiger charge is 2.65. The summed E-state index contributed by atoms with van der Waals surface area (Å²) in [5.74, 6) is 2.16. The number of allylic oxidation sites excluding steroid dienone is 1. The van der Waals surface area contributed by atoms with Gasteiger partial charge in [0.05, 0.1) is 0 Å². The summed E-state index contributed by atoms with van der Waals surface area (Å²) < 4.78 is 5.27. The van der Waals surface area contributed by atoms with E-state index < -0.39 is 0 Å². The maximum absolute atomic E-state index is 11.1. The van der Waals surface area contributed by atoms with Crippen LogP contribution in [0.25, 0.3) is 0 Å². The Bertz CT molecular complexity index is 439. The van der Waals surface area contributed by atoms with Gasteiger partial charge in [0, 0.05) is 6.92 Å². The first kappa shape index (κ1) is 13.2. The standard InChI is InChI=1S/C17H26O2/c1-11-5-8-17-12(2)14(10-19-13(3)18)9-16(17,4)7-6-15(11)17/h9,11-12,15H,5-8,10H2,1-4H3/t11-,12-,15?,16+,17?/m0/s1. The molecule has 0 aromatic carbocycles. The third-order valence-electron chi connectivity index (χ3n) is 6.67. The van der Waals surface area contributed by atoms with Crippen LogP contribution in [0.15, 0.2) is 11.6 Å². The third kappa shape index (κ3) is 1.58. The van der Waals surface area contributed by atoms with Crippen molar-refractivity contribution in [3.05, 3.63) is 11.6 Å². The van der Waals surface area contributed by atoms with Crippen LogP contribution < -0.4 is 0 Å². The molecule has 3 aliphatic carbocycles. The zero-order chi connectivity index (χ0) is 13.8. The van der Waals surface area contributed by atoms with Crippen LogP contribution in [0, 0.1) is 28.6 Å². The van der Waals surface area contributed by atoms with Crippen LogP contribution in [0.3, 0.4) is 0 Å². The molecule has 0 saturated heterocycles. The largest absolute Gasteiger partial charge is 0.461 e. The van der Waals surface area contributed by atoms with Crippen molar-refractivity contribution in [2.24, 2.45) is 28.6 Å². The lowest BCUT2D eigenvalue weighted by atomic mass is 9.61. The van der Waals surface area contributed by atoms with E-state index in [9.17, 15) is 4.79 Å². The molecule has 0 radical (unpaired) electrons. The van der Waals surface area contributed by atoms with E-state index in [4.69, 9.17) is 4.74 Å². The fourth-order valence-electron chi connectivity index (χ4n) is 5.76. The highest BCUT2D eigenvalue weighted by Crippen LogP contribution is 2.73. The van der Waals surface area contributed by atoms with Gasteiger partial charge in [-0.1, -0.05) is 26.8 Å². The van der Waals surface area contributed by atoms with E-state index in [2.05, 4.69) is 26.8 Å². The Balaban J connectivity index is 1.90. The summed E-state index contributed by atoms with van der Waals surface area (Å²) in [5.41, 5.74) is 2.18. The molecule has 5 atom stereocenters. The predicted octanol–water partition coefficient (Wildman–Crippen LogP) is 3.96. The Morgan fingerprint density at radius 3 is 2.79 bits per heavy atom. The Morgan fingerprint density at radius 1 is 1.37 bits per heavy atom. The van der Waals surface area contributed by atoms with Gasteiger partial charge in [0.15, 0.2) is 0 Å². The summed E-state index contributed by atoms with van der Waals surface area (Å²) in [6, 6.07) is 0. The van der Waals surface area contributed by atoms with Crippen molar-refractivity contribution in [1.82, 2.24) is 0 Å². The van der Waals surface area contributed by atoms with Gasteiger partial charge in [-0.3, -0.25) is 4.79 Å². The fourth-order valence-corrected chi connectivity index (χ4v) is 5.76. The number of esters is 1. The van der Waals surface area contributed by atoms with Crippen LogP contribution in [-0.4, -0.2) is 12.6 Å². The molecular weight excluding hydrogens is 236 g/mol. The topological polar surface area (TPSA) is 26.3 Å². The molecule has 1 spiro atoms. The zero-order valence-electron chi connectivity index (χ0n) is 12.7. The molecule has 0 N–H and O–H groups in total. The van der Waals surface area contributed by atoms with Gasteiger partial charge in [-0.15, -0.1) is 0 Å². The molecule has 0 aromatic heterocycles. The Morgan fingerprint density at radius 2 is 2.11 bits per heavy atom. The molecule has 3 aliphatic rings. The van der Waals surface area contributed by atoms with Crippen molar-refractivity contribution in [3.63, 3.8) is 0 Å². The van der Waals surface area contributed by atoms with E-state index in [-0.39, 0.29) is 5.97 Å². The number of hydrogen-bond acceptors (Lipinski definition) is 2. The van der Waals surface area contributed by atoms with Gasteiger partial charge >= 0.3 is 5.97 Å². The Kier molecular flexibility index (Phi) is 2.85. The summed E-state index contributed by atoms with van der Waals surface area (Å²) in [6.45, 7) is 9.26. The van der Waals surface area contributed by atoms with Gasteiger partial charge < -0.3 is 4.74 Å². The highest BCUT2D eigenvalue weighted by molar-refractivity contribution is 5.66. The van der Waals surface area contributed by atoms with E-state index >= 15 is 0 Å². The molecule has 0 amide bonds. The lowest BCUT2D eigenvalue weighted by molar-refractivity contribution is -0.140. The fraction of sp³-hybridized carbons (Fsp3) is 0.824. The highest BCUT2D eigenvalue weighted by atomic mass is 16.5. The second-order valence-corrected chi connectivity index (χ2v) is 7.34. The summed E-state index contributed by atoms with van der Waals surface area (Å²) in [4.78, 5) is 11.1. The lowest BCUT2D eigenvalue weighted by Crippen LogP contribution is -2.38. The van der Waals surface area contributed by atoms with Crippen LogP contribution in [0.5, 0.6) is 0 Å².